The first kappa shape index (κ1) is 19.1. The Morgan fingerprint density at radius 3 is 2.39 bits per heavy atom. The van der Waals surface area contributed by atoms with E-state index in [4.69, 9.17) is 9.84 Å². The van der Waals surface area contributed by atoms with E-state index in [9.17, 15) is 9.90 Å². The number of phenols is 1. The molecule has 2 N–H and O–H groups in total. The van der Waals surface area contributed by atoms with Crippen LogP contribution >= 0.6 is 0 Å². The van der Waals surface area contributed by atoms with Crippen LogP contribution in [0.25, 0.3) is 0 Å². The highest BCUT2D eigenvalue weighted by Crippen LogP contribution is 2.40. The van der Waals surface area contributed by atoms with Gasteiger partial charge in [-0.15, -0.1) is 0 Å². The van der Waals surface area contributed by atoms with Crippen molar-refractivity contribution in [1.82, 2.24) is 0 Å². The zero-order chi connectivity index (χ0) is 17.1. The quantitative estimate of drug-likeness (QED) is 0.335. The summed E-state index contributed by atoms with van der Waals surface area (Å²) in [6, 6.07) is 3.25. The maximum atomic E-state index is 10.7. The van der Waals surface area contributed by atoms with Crippen molar-refractivity contribution in [2.24, 2.45) is 0 Å². The number of aryl methyl sites for hydroxylation is 1. The average Bonchev–Trinajstić information content (AvgIpc) is 2.52. The average molecular weight is 324 g/mol. The van der Waals surface area contributed by atoms with Gasteiger partial charge in [0.1, 0.15) is 0 Å². The van der Waals surface area contributed by atoms with E-state index in [0.29, 0.717) is 12.4 Å². The molecule has 1 rings (SSSR count). The maximum absolute atomic E-state index is 10.7. The molecule has 0 bridgehead atoms. The van der Waals surface area contributed by atoms with Gasteiger partial charge in [0.15, 0.2) is 11.5 Å². The number of ether oxygens (including phenoxy) is 2. The maximum Gasteiger partial charge on any atom is 0.511 e. The molecule has 0 radical (unpaired) electrons. The number of carbonyl (C=O) groups is 1. The van der Waals surface area contributed by atoms with Gasteiger partial charge in [-0.2, -0.15) is 0 Å². The van der Waals surface area contributed by atoms with Crippen LogP contribution in [0.1, 0.15) is 64.4 Å². The minimum Gasteiger partial charge on any atom is -0.502 e. The first-order chi connectivity index (χ1) is 11.1. The minimum absolute atomic E-state index is 0.0877. The number of hydrogen-bond donors (Lipinski definition) is 2. The largest absolute Gasteiger partial charge is 0.511 e. The Hall–Kier alpha value is -1.91. The predicted octanol–water partition coefficient (Wildman–Crippen LogP) is 5.14. The summed E-state index contributed by atoms with van der Waals surface area (Å²) >= 11 is 0. The fraction of sp³-hybridized carbons (Fsp3) is 0.611. The van der Waals surface area contributed by atoms with E-state index in [1.165, 1.54) is 31.7 Å². The van der Waals surface area contributed by atoms with E-state index in [2.05, 4.69) is 11.7 Å². The van der Waals surface area contributed by atoms with Crippen molar-refractivity contribution < 1.29 is 24.5 Å². The molecule has 0 fully saturated rings. The molecule has 5 nitrogen and oxygen atoms in total. The third kappa shape index (κ3) is 6.80. The Balaban J connectivity index is 2.72. The van der Waals surface area contributed by atoms with Crippen molar-refractivity contribution in [3.05, 3.63) is 17.7 Å². The van der Waals surface area contributed by atoms with Crippen LogP contribution in [0.4, 0.5) is 4.79 Å². The highest BCUT2D eigenvalue weighted by Gasteiger charge is 2.17. The van der Waals surface area contributed by atoms with Crippen LogP contribution in [0.3, 0.4) is 0 Å². The second kappa shape index (κ2) is 10.8. The van der Waals surface area contributed by atoms with Crippen LogP contribution in [-0.2, 0) is 6.42 Å². The first-order valence-electron chi connectivity index (χ1n) is 8.48. The van der Waals surface area contributed by atoms with E-state index < -0.39 is 6.16 Å². The number of carboxylic acid groups (broad SMARTS) is 1. The minimum atomic E-state index is -1.45. The fourth-order valence-electron chi connectivity index (χ4n) is 2.43. The van der Waals surface area contributed by atoms with E-state index >= 15 is 0 Å². The normalized spacial score (nSPS) is 10.5. The molecule has 0 aromatic heterocycles. The summed E-state index contributed by atoms with van der Waals surface area (Å²) in [5, 5.41) is 18.9. The van der Waals surface area contributed by atoms with Gasteiger partial charge in [-0.25, -0.2) is 4.79 Å². The van der Waals surface area contributed by atoms with Crippen molar-refractivity contribution in [2.45, 2.75) is 65.2 Å². The molecular weight excluding hydrogens is 296 g/mol. The van der Waals surface area contributed by atoms with Gasteiger partial charge >= 0.3 is 6.16 Å². The standard InChI is InChI=1S/C18H28O5/c1-3-5-6-7-8-9-10-14-11-12-15(23-18(20)21)16(19)17(14)22-13-4-2/h11-12,19H,3-10,13H2,1-2H3,(H,20,21). The molecule has 1 aromatic carbocycles. The lowest BCUT2D eigenvalue weighted by Crippen LogP contribution is -2.05. The Morgan fingerprint density at radius 1 is 1.04 bits per heavy atom. The van der Waals surface area contributed by atoms with E-state index in [1.807, 2.05) is 6.92 Å². The molecule has 0 saturated carbocycles. The lowest BCUT2D eigenvalue weighted by atomic mass is 10.0. The zero-order valence-electron chi connectivity index (χ0n) is 14.1. The van der Waals surface area contributed by atoms with Gasteiger partial charge in [0.2, 0.25) is 5.75 Å². The number of benzene rings is 1. The van der Waals surface area contributed by atoms with Crippen LogP contribution in [0.2, 0.25) is 0 Å². The van der Waals surface area contributed by atoms with Gasteiger partial charge in [-0.05, 0) is 30.9 Å². The Morgan fingerprint density at radius 2 is 1.74 bits per heavy atom. The van der Waals surface area contributed by atoms with Gasteiger partial charge in [-0.3, -0.25) is 0 Å². The summed E-state index contributed by atoms with van der Waals surface area (Å²) in [4.78, 5) is 10.7. The van der Waals surface area contributed by atoms with E-state index in [0.717, 1.165) is 31.2 Å². The molecule has 0 aliphatic carbocycles. The van der Waals surface area contributed by atoms with Crippen LogP contribution in [0.15, 0.2) is 12.1 Å². The predicted molar refractivity (Wildman–Crippen MR) is 89.6 cm³/mol. The molecule has 0 spiro atoms. The molecule has 0 aliphatic heterocycles. The summed E-state index contributed by atoms with van der Waals surface area (Å²) in [5.74, 6) is 0.0267. The number of phenolic OH excluding ortho intramolecular Hbond substituents is 1. The van der Waals surface area contributed by atoms with Crippen LogP contribution in [0.5, 0.6) is 17.2 Å². The third-order valence-corrected chi connectivity index (χ3v) is 3.62. The summed E-state index contributed by atoms with van der Waals surface area (Å²) < 4.78 is 10.2. The molecule has 23 heavy (non-hydrogen) atoms. The zero-order valence-corrected chi connectivity index (χ0v) is 14.1. The van der Waals surface area contributed by atoms with Gasteiger partial charge in [-0.1, -0.05) is 52.0 Å². The van der Waals surface area contributed by atoms with Crippen molar-refractivity contribution >= 4 is 6.16 Å². The molecule has 0 unspecified atom stereocenters. The van der Waals surface area contributed by atoms with Crippen molar-refractivity contribution in [3.63, 3.8) is 0 Å². The third-order valence-electron chi connectivity index (χ3n) is 3.62. The van der Waals surface area contributed by atoms with Gasteiger partial charge in [0.25, 0.3) is 0 Å². The molecule has 0 atom stereocenters. The topological polar surface area (TPSA) is 76.0 Å². The first-order valence-corrected chi connectivity index (χ1v) is 8.48. The van der Waals surface area contributed by atoms with E-state index in [1.54, 1.807) is 6.07 Å². The summed E-state index contributed by atoms with van der Waals surface area (Å²) in [6.07, 6.45) is 7.28. The molecule has 1 aromatic rings. The second-order valence-electron chi connectivity index (χ2n) is 5.63. The Kier molecular flexibility index (Phi) is 8.95. The van der Waals surface area contributed by atoms with Crippen LogP contribution in [-0.4, -0.2) is 23.0 Å². The second-order valence-corrected chi connectivity index (χ2v) is 5.63. The van der Waals surface area contributed by atoms with Crippen molar-refractivity contribution in [2.75, 3.05) is 6.61 Å². The monoisotopic (exact) mass is 324 g/mol. The molecule has 0 amide bonds. The summed E-state index contributed by atoms with van der Waals surface area (Å²) in [7, 11) is 0. The number of hydrogen-bond acceptors (Lipinski definition) is 4. The molecular formula is C18H28O5. The van der Waals surface area contributed by atoms with Gasteiger partial charge < -0.3 is 19.7 Å². The van der Waals surface area contributed by atoms with Crippen molar-refractivity contribution in [3.8, 4) is 17.2 Å². The SMILES string of the molecule is CCCCCCCCc1ccc(OC(=O)O)c(O)c1OCCC. The molecule has 0 saturated heterocycles. The van der Waals surface area contributed by atoms with Crippen LogP contribution < -0.4 is 9.47 Å². The van der Waals surface area contributed by atoms with Gasteiger partial charge in [0, 0.05) is 0 Å². The summed E-state index contributed by atoms with van der Waals surface area (Å²) in [5.41, 5.74) is 0.893. The summed E-state index contributed by atoms with van der Waals surface area (Å²) in [6.45, 7) is 4.64. The highest BCUT2D eigenvalue weighted by atomic mass is 16.7. The molecule has 130 valence electrons. The molecule has 0 aliphatic rings. The van der Waals surface area contributed by atoms with Crippen molar-refractivity contribution in [1.29, 1.82) is 0 Å². The fourth-order valence-corrected chi connectivity index (χ4v) is 2.43. The lowest BCUT2D eigenvalue weighted by molar-refractivity contribution is 0.142. The molecule has 5 heteroatoms. The lowest BCUT2D eigenvalue weighted by Gasteiger charge is -2.15. The number of unbranched alkanes of at least 4 members (excludes halogenated alkanes) is 5. The Bertz CT molecular complexity index is 485. The van der Waals surface area contributed by atoms with Gasteiger partial charge in [0.05, 0.1) is 6.61 Å². The number of rotatable bonds is 11. The highest BCUT2D eigenvalue weighted by molar-refractivity contribution is 5.65. The van der Waals surface area contributed by atoms with Crippen LogP contribution in [0, 0.1) is 0 Å². The number of aromatic hydroxyl groups is 1. The van der Waals surface area contributed by atoms with E-state index in [-0.39, 0.29) is 11.5 Å². The smallest absolute Gasteiger partial charge is 0.502 e. The molecule has 0 heterocycles. The Labute approximate surface area is 138 Å².